The molecule has 2 aromatic rings. The van der Waals surface area contributed by atoms with Crippen molar-refractivity contribution in [2.75, 3.05) is 5.32 Å². The van der Waals surface area contributed by atoms with Gasteiger partial charge in [-0.25, -0.2) is 0 Å². The van der Waals surface area contributed by atoms with Crippen LogP contribution in [-0.2, 0) is 6.54 Å². The van der Waals surface area contributed by atoms with Gasteiger partial charge in [-0.05, 0) is 31.0 Å². The Morgan fingerprint density at radius 3 is 2.94 bits per heavy atom. The summed E-state index contributed by atoms with van der Waals surface area (Å²) in [5.41, 5.74) is 2.25. The Hall–Kier alpha value is -1.62. The second kappa shape index (κ2) is 5.14. The predicted molar refractivity (Wildman–Crippen MR) is 64.9 cm³/mol. The van der Waals surface area contributed by atoms with Gasteiger partial charge in [-0.3, -0.25) is 4.98 Å². The van der Waals surface area contributed by atoms with E-state index in [9.17, 15) is 0 Å². The van der Waals surface area contributed by atoms with Gasteiger partial charge >= 0.3 is 6.01 Å². The first-order valence-electron chi connectivity index (χ1n) is 5.27. The zero-order valence-electron chi connectivity index (χ0n) is 9.64. The highest BCUT2D eigenvalue weighted by atomic mass is 35.5. The van der Waals surface area contributed by atoms with Crippen LogP contribution in [0, 0.1) is 6.92 Å². The normalized spacial score (nSPS) is 12.4. The molecule has 0 saturated carbocycles. The molecule has 0 aliphatic carbocycles. The lowest BCUT2D eigenvalue weighted by Gasteiger charge is -2.04. The Bertz CT molecular complexity index is 498. The highest BCUT2D eigenvalue weighted by Crippen LogP contribution is 2.19. The largest absolute Gasteiger partial charge is 0.406 e. The summed E-state index contributed by atoms with van der Waals surface area (Å²) in [6.45, 7) is 4.41. The molecule has 6 heteroatoms. The molecule has 1 unspecified atom stereocenters. The van der Waals surface area contributed by atoms with E-state index in [2.05, 4.69) is 20.5 Å². The lowest BCUT2D eigenvalue weighted by molar-refractivity contribution is 0.505. The summed E-state index contributed by atoms with van der Waals surface area (Å²) in [4.78, 5) is 4.03. The SMILES string of the molecule is Cc1cnccc1CNc1nnc(C(C)Cl)o1. The number of hydrogen-bond donors (Lipinski definition) is 1. The standard InChI is InChI=1S/C11H13ClN4O/c1-7-5-13-4-3-9(7)6-14-11-16-15-10(17-11)8(2)12/h3-5,8H,6H2,1-2H3,(H,14,16). The Balaban J connectivity index is 2.00. The van der Waals surface area contributed by atoms with E-state index >= 15 is 0 Å². The van der Waals surface area contributed by atoms with E-state index in [0.29, 0.717) is 18.5 Å². The summed E-state index contributed by atoms with van der Waals surface area (Å²) < 4.78 is 5.33. The van der Waals surface area contributed by atoms with Crippen molar-refractivity contribution in [1.82, 2.24) is 15.2 Å². The highest BCUT2D eigenvalue weighted by molar-refractivity contribution is 6.20. The van der Waals surface area contributed by atoms with Gasteiger partial charge in [0.15, 0.2) is 0 Å². The molecule has 0 aromatic carbocycles. The van der Waals surface area contributed by atoms with Gasteiger partial charge in [0.2, 0.25) is 5.89 Å². The fourth-order valence-electron chi connectivity index (χ4n) is 1.34. The van der Waals surface area contributed by atoms with Crippen LogP contribution in [0.5, 0.6) is 0 Å². The molecule has 0 spiro atoms. The van der Waals surface area contributed by atoms with Gasteiger partial charge in [0, 0.05) is 18.9 Å². The second-order valence-corrected chi connectivity index (χ2v) is 4.37. The summed E-state index contributed by atoms with van der Waals surface area (Å²) in [5, 5.41) is 10.5. The number of pyridine rings is 1. The van der Waals surface area contributed by atoms with Gasteiger partial charge in [0.05, 0.1) is 0 Å². The molecule has 5 nitrogen and oxygen atoms in total. The minimum Gasteiger partial charge on any atom is -0.406 e. The Kier molecular flexibility index (Phi) is 3.58. The molecule has 2 aromatic heterocycles. The van der Waals surface area contributed by atoms with Crippen molar-refractivity contribution in [3.05, 3.63) is 35.5 Å². The number of rotatable bonds is 4. The van der Waals surface area contributed by atoms with Crippen molar-refractivity contribution < 1.29 is 4.42 Å². The number of alkyl halides is 1. The van der Waals surface area contributed by atoms with Crippen LogP contribution in [0.1, 0.15) is 29.3 Å². The van der Waals surface area contributed by atoms with Crippen LogP contribution < -0.4 is 5.32 Å². The van der Waals surface area contributed by atoms with E-state index in [-0.39, 0.29) is 5.38 Å². The summed E-state index contributed by atoms with van der Waals surface area (Å²) in [6.07, 6.45) is 3.57. The average molecular weight is 253 g/mol. The molecule has 1 N–H and O–H groups in total. The monoisotopic (exact) mass is 252 g/mol. The fraction of sp³-hybridized carbons (Fsp3) is 0.364. The molecule has 2 rings (SSSR count). The fourth-order valence-corrected chi connectivity index (χ4v) is 1.43. The maximum absolute atomic E-state index is 5.83. The zero-order valence-corrected chi connectivity index (χ0v) is 10.4. The van der Waals surface area contributed by atoms with Crippen molar-refractivity contribution in [2.45, 2.75) is 25.8 Å². The van der Waals surface area contributed by atoms with Crippen molar-refractivity contribution in [3.63, 3.8) is 0 Å². The molecule has 90 valence electrons. The minimum absolute atomic E-state index is 0.277. The third-order valence-electron chi connectivity index (χ3n) is 2.35. The molecular formula is C11H13ClN4O. The minimum atomic E-state index is -0.277. The molecule has 0 saturated heterocycles. The van der Waals surface area contributed by atoms with Crippen LogP contribution in [-0.4, -0.2) is 15.2 Å². The van der Waals surface area contributed by atoms with Crippen LogP contribution in [0.25, 0.3) is 0 Å². The van der Waals surface area contributed by atoms with Crippen molar-refractivity contribution in [2.24, 2.45) is 0 Å². The zero-order chi connectivity index (χ0) is 12.3. The molecule has 17 heavy (non-hydrogen) atoms. The maximum Gasteiger partial charge on any atom is 0.315 e. The molecule has 0 fully saturated rings. The number of halogens is 1. The second-order valence-electron chi connectivity index (χ2n) is 3.72. The van der Waals surface area contributed by atoms with Gasteiger partial charge in [0.1, 0.15) is 5.38 Å². The first-order valence-corrected chi connectivity index (χ1v) is 5.71. The van der Waals surface area contributed by atoms with E-state index in [1.807, 2.05) is 19.2 Å². The Morgan fingerprint density at radius 1 is 1.47 bits per heavy atom. The lowest BCUT2D eigenvalue weighted by atomic mass is 10.2. The molecule has 0 bridgehead atoms. The smallest absolute Gasteiger partial charge is 0.315 e. The van der Waals surface area contributed by atoms with Crippen LogP contribution in [0.15, 0.2) is 22.9 Å². The van der Waals surface area contributed by atoms with E-state index < -0.39 is 0 Å². The molecule has 0 amide bonds. The number of nitrogens with zero attached hydrogens (tertiary/aromatic N) is 3. The summed E-state index contributed by atoms with van der Waals surface area (Å²) >= 11 is 5.83. The maximum atomic E-state index is 5.83. The van der Waals surface area contributed by atoms with Crippen molar-refractivity contribution in [1.29, 1.82) is 0 Å². The molecule has 0 radical (unpaired) electrons. The number of aromatic nitrogens is 3. The number of hydrogen-bond acceptors (Lipinski definition) is 5. The first kappa shape index (κ1) is 11.9. The van der Waals surface area contributed by atoms with Crippen LogP contribution >= 0.6 is 11.6 Å². The molecule has 0 aliphatic rings. The van der Waals surface area contributed by atoms with E-state index in [1.165, 1.54) is 0 Å². The number of anilines is 1. The topological polar surface area (TPSA) is 63.8 Å². The van der Waals surface area contributed by atoms with Crippen LogP contribution in [0.2, 0.25) is 0 Å². The quantitative estimate of drug-likeness (QED) is 0.848. The van der Waals surface area contributed by atoms with E-state index in [0.717, 1.165) is 11.1 Å². The van der Waals surface area contributed by atoms with Gasteiger partial charge in [-0.15, -0.1) is 16.7 Å². The van der Waals surface area contributed by atoms with Crippen LogP contribution in [0.3, 0.4) is 0 Å². The van der Waals surface area contributed by atoms with Gasteiger partial charge in [-0.1, -0.05) is 5.10 Å². The Labute approximate surface area is 104 Å². The molecule has 2 heterocycles. The van der Waals surface area contributed by atoms with Crippen LogP contribution in [0.4, 0.5) is 6.01 Å². The third-order valence-corrected chi connectivity index (χ3v) is 2.53. The van der Waals surface area contributed by atoms with Crippen molar-refractivity contribution in [3.8, 4) is 0 Å². The van der Waals surface area contributed by atoms with E-state index in [1.54, 1.807) is 13.1 Å². The van der Waals surface area contributed by atoms with Gasteiger partial charge in [0.25, 0.3) is 0 Å². The molecule has 0 aliphatic heterocycles. The first-order chi connectivity index (χ1) is 8.16. The van der Waals surface area contributed by atoms with Crippen molar-refractivity contribution >= 4 is 17.6 Å². The number of aryl methyl sites for hydroxylation is 1. The molecular weight excluding hydrogens is 240 g/mol. The summed E-state index contributed by atoms with van der Waals surface area (Å²) in [5.74, 6) is 0.417. The number of nitrogens with one attached hydrogen (secondary N) is 1. The van der Waals surface area contributed by atoms with Gasteiger partial charge < -0.3 is 9.73 Å². The Morgan fingerprint density at radius 2 is 2.29 bits per heavy atom. The summed E-state index contributed by atoms with van der Waals surface area (Å²) in [6, 6.07) is 2.33. The van der Waals surface area contributed by atoms with E-state index in [4.69, 9.17) is 16.0 Å². The third kappa shape index (κ3) is 2.94. The molecule has 1 atom stereocenters. The average Bonchev–Trinajstić information content (AvgIpc) is 2.77. The highest BCUT2D eigenvalue weighted by Gasteiger charge is 2.10. The summed E-state index contributed by atoms with van der Waals surface area (Å²) in [7, 11) is 0. The van der Waals surface area contributed by atoms with Gasteiger partial charge in [-0.2, -0.15) is 0 Å². The predicted octanol–water partition coefficient (Wildman–Crippen LogP) is 2.68. The lowest BCUT2D eigenvalue weighted by Crippen LogP contribution is -2.01.